The summed E-state index contributed by atoms with van der Waals surface area (Å²) in [5.74, 6) is 0. The van der Waals surface area contributed by atoms with Crippen molar-refractivity contribution in [2.75, 3.05) is 0 Å². The first kappa shape index (κ1) is 5.36. The maximum atomic E-state index is 3.06. The smallest absolute Gasteiger partial charge is 0.0118 e. The van der Waals surface area contributed by atoms with Crippen LogP contribution in [0.3, 0.4) is 0 Å². The van der Waals surface area contributed by atoms with Gasteiger partial charge in [0.2, 0.25) is 0 Å². The first-order chi connectivity index (χ1) is 3.93. The van der Waals surface area contributed by atoms with Crippen LogP contribution < -0.4 is 0 Å². The maximum Gasteiger partial charge on any atom is -0.0118 e. The van der Waals surface area contributed by atoms with Gasteiger partial charge in [0.15, 0.2) is 0 Å². The van der Waals surface area contributed by atoms with Crippen molar-refractivity contribution in [3.8, 4) is 0 Å². The number of hydrogen-bond acceptors (Lipinski definition) is 0. The van der Waals surface area contributed by atoms with E-state index < -0.39 is 0 Å². The van der Waals surface area contributed by atoms with E-state index in [1.807, 2.05) is 37.6 Å². The highest BCUT2D eigenvalue weighted by Crippen LogP contribution is 1.97. The Bertz CT molecular complexity index is 141. The van der Waals surface area contributed by atoms with Crippen LogP contribution in [-0.4, -0.2) is 0 Å². The molecule has 0 unspecified atom stereocenters. The van der Waals surface area contributed by atoms with Gasteiger partial charge < -0.3 is 0 Å². The molecular weight excluding hydrogens is 96.1 g/mol. The molecule has 0 fully saturated rings. The van der Waals surface area contributed by atoms with Crippen LogP contribution in [0.4, 0.5) is 0 Å². The lowest BCUT2D eigenvalue weighted by Crippen LogP contribution is -1.71. The molecule has 1 aromatic carbocycles. The average Bonchev–Trinajstić information content (AvgIpc) is 1.90. The van der Waals surface area contributed by atoms with E-state index in [-0.39, 0.29) is 0 Å². The highest BCUT2D eigenvalue weighted by Gasteiger charge is 1.81. The average molecular weight is 104 g/mol. The Hall–Kier alpha value is -0.780. The second kappa shape index (κ2) is 2.51. The van der Waals surface area contributed by atoms with Crippen LogP contribution in [0, 0.1) is 12.5 Å². The van der Waals surface area contributed by atoms with Gasteiger partial charge in [0.25, 0.3) is 0 Å². The minimum absolute atomic E-state index is 1.16. The van der Waals surface area contributed by atoms with E-state index in [1.54, 1.807) is 0 Å². The van der Waals surface area contributed by atoms with Gasteiger partial charge in [-0.15, -0.1) is 0 Å². The van der Waals surface area contributed by atoms with Gasteiger partial charge in [0.1, 0.15) is 0 Å². The summed E-state index contributed by atoms with van der Waals surface area (Å²) < 4.78 is 0. The summed E-state index contributed by atoms with van der Waals surface area (Å²) in [6.07, 6.45) is 2.03. The van der Waals surface area contributed by atoms with Gasteiger partial charge in [-0.1, -0.05) is 31.2 Å². The van der Waals surface area contributed by atoms with E-state index in [0.717, 1.165) is 5.56 Å². The van der Waals surface area contributed by atoms with Crippen molar-refractivity contribution >= 4 is 0 Å². The van der Waals surface area contributed by atoms with Crippen LogP contribution >= 0.6 is 0 Å². The molecule has 0 amide bonds. The zero-order chi connectivity index (χ0) is 5.82. The summed E-state index contributed by atoms with van der Waals surface area (Å²) in [5.41, 5.74) is 1.16. The minimum atomic E-state index is 1.16. The van der Waals surface area contributed by atoms with E-state index in [0.29, 0.717) is 0 Å². The summed E-state index contributed by atoms with van der Waals surface area (Å²) in [7, 11) is 0. The van der Waals surface area contributed by atoms with Crippen molar-refractivity contribution in [3.05, 3.63) is 42.3 Å². The van der Waals surface area contributed by atoms with Gasteiger partial charge >= 0.3 is 0 Å². The minimum Gasteiger partial charge on any atom is -0.0619 e. The molecule has 0 bridgehead atoms. The quantitative estimate of drug-likeness (QED) is 0.511. The standard InChI is InChI=1S/C8H8/c1-2-8-6-4-3-5-7-8/h2-6H,1H3. The Kier molecular flexibility index (Phi) is 1.68. The van der Waals surface area contributed by atoms with Crippen LogP contribution in [0.1, 0.15) is 12.5 Å². The van der Waals surface area contributed by atoms with Crippen LogP contribution in [-0.2, 0) is 0 Å². The Balaban J connectivity index is 2.83. The second-order valence-electron chi connectivity index (χ2n) is 1.61. The lowest BCUT2D eigenvalue weighted by atomic mass is 10.2. The van der Waals surface area contributed by atoms with Crippen LogP contribution in [0.25, 0.3) is 0 Å². The van der Waals surface area contributed by atoms with Gasteiger partial charge in [-0.3, -0.25) is 0 Å². The van der Waals surface area contributed by atoms with Gasteiger partial charge in [-0.05, 0) is 18.1 Å². The molecule has 0 aliphatic carbocycles. The van der Waals surface area contributed by atoms with Crippen LogP contribution in [0.15, 0.2) is 24.3 Å². The predicted molar refractivity (Wildman–Crippen MR) is 34.4 cm³/mol. The molecular formula is C8H8. The highest BCUT2D eigenvalue weighted by molar-refractivity contribution is 5.19. The summed E-state index contributed by atoms with van der Waals surface area (Å²) in [6.45, 7) is 2.01. The number of rotatable bonds is 1. The fraction of sp³-hybridized carbons (Fsp3) is 0.125. The Morgan fingerprint density at radius 2 is 2.38 bits per heavy atom. The molecule has 0 atom stereocenters. The molecule has 0 aliphatic heterocycles. The molecule has 0 heterocycles. The van der Waals surface area contributed by atoms with Crippen molar-refractivity contribution in [3.63, 3.8) is 0 Å². The zero-order valence-corrected chi connectivity index (χ0v) is 4.89. The monoisotopic (exact) mass is 104 g/mol. The lowest BCUT2D eigenvalue weighted by Gasteiger charge is -1.88. The normalized spacial score (nSPS) is 9.12. The van der Waals surface area contributed by atoms with Crippen LogP contribution in [0.5, 0.6) is 0 Å². The fourth-order valence-corrected chi connectivity index (χ4v) is 0.587. The van der Waals surface area contributed by atoms with Gasteiger partial charge in [-0.2, -0.15) is 0 Å². The van der Waals surface area contributed by atoms with Crippen molar-refractivity contribution in [1.82, 2.24) is 0 Å². The highest BCUT2D eigenvalue weighted by atomic mass is 13.9. The fourth-order valence-electron chi connectivity index (χ4n) is 0.587. The third kappa shape index (κ3) is 1.09. The van der Waals surface area contributed by atoms with Crippen molar-refractivity contribution in [2.45, 2.75) is 6.92 Å². The summed E-state index contributed by atoms with van der Waals surface area (Å²) in [4.78, 5) is 0. The molecule has 2 radical (unpaired) electrons. The largest absolute Gasteiger partial charge is 0.0619 e. The Morgan fingerprint density at radius 1 is 1.50 bits per heavy atom. The summed E-state index contributed by atoms with van der Waals surface area (Å²) >= 11 is 0. The van der Waals surface area contributed by atoms with Crippen molar-refractivity contribution in [1.29, 1.82) is 0 Å². The Morgan fingerprint density at radius 3 is 2.75 bits per heavy atom. The van der Waals surface area contributed by atoms with Crippen molar-refractivity contribution < 1.29 is 0 Å². The number of benzene rings is 1. The van der Waals surface area contributed by atoms with Crippen molar-refractivity contribution in [2.24, 2.45) is 0 Å². The SMILES string of the molecule is C[CH]c1[c]cccc1. The molecule has 0 nitrogen and oxygen atoms in total. The molecule has 0 N–H and O–H groups in total. The number of hydrogen-bond donors (Lipinski definition) is 0. The van der Waals surface area contributed by atoms with E-state index in [1.165, 1.54) is 0 Å². The first-order valence-corrected chi connectivity index (χ1v) is 2.69. The lowest BCUT2D eigenvalue weighted by molar-refractivity contribution is 1.42. The van der Waals surface area contributed by atoms with E-state index in [9.17, 15) is 0 Å². The topological polar surface area (TPSA) is 0 Å². The third-order valence-corrected chi connectivity index (χ3v) is 1.04. The van der Waals surface area contributed by atoms with E-state index in [2.05, 4.69) is 6.07 Å². The Labute approximate surface area is 50.2 Å². The van der Waals surface area contributed by atoms with Gasteiger partial charge in [0, 0.05) is 0 Å². The second-order valence-corrected chi connectivity index (χ2v) is 1.61. The van der Waals surface area contributed by atoms with Gasteiger partial charge in [0.05, 0.1) is 0 Å². The maximum absolute atomic E-state index is 3.06. The van der Waals surface area contributed by atoms with E-state index >= 15 is 0 Å². The molecule has 8 heavy (non-hydrogen) atoms. The molecule has 0 spiro atoms. The first-order valence-electron chi connectivity index (χ1n) is 2.69. The summed E-state index contributed by atoms with van der Waals surface area (Å²) in [5, 5.41) is 0. The van der Waals surface area contributed by atoms with Crippen LogP contribution in [0.2, 0.25) is 0 Å². The molecule has 1 rings (SSSR count). The third-order valence-electron chi connectivity index (χ3n) is 1.04. The molecule has 0 saturated carbocycles. The van der Waals surface area contributed by atoms with Gasteiger partial charge in [-0.25, -0.2) is 0 Å². The van der Waals surface area contributed by atoms with E-state index in [4.69, 9.17) is 0 Å². The molecule has 40 valence electrons. The molecule has 0 aromatic heterocycles. The molecule has 1 aromatic rings. The molecule has 0 heteroatoms. The predicted octanol–water partition coefficient (Wildman–Crippen LogP) is 2.06. The zero-order valence-electron chi connectivity index (χ0n) is 4.89. The summed E-state index contributed by atoms with van der Waals surface area (Å²) in [6, 6.07) is 11.0. The molecule has 0 aliphatic rings. The molecule has 0 saturated heterocycles.